The lowest BCUT2D eigenvalue weighted by atomic mass is 9.98. The lowest BCUT2D eigenvalue weighted by Gasteiger charge is -2.27. The molecule has 1 aromatic heterocycles. The quantitative estimate of drug-likeness (QED) is 0.670. The van der Waals surface area contributed by atoms with Crippen LogP contribution >= 0.6 is 0 Å². The molecule has 0 fully saturated rings. The predicted molar refractivity (Wildman–Crippen MR) is 102 cm³/mol. The van der Waals surface area contributed by atoms with E-state index in [1.165, 1.54) is 20.8 Å². The van der Waals surface area contributed by atoms with Crippen LogP contribution in [0.4, 0.5) is 19.3 Å². The van der Waals surface area contributed by atoms with Crippen molar-refractivity contribution in [1.82, 2.24) is 14.3 Å². The average Bonchev–Trinajstić information content (AvgIpc) is 2.72. The van der Waals surface area contributed by atoms with Crippen LogP contribution in [0, 0.1) is 34.8 Å². The van der Waals surface area contributed by atoms with E-state index in [0.29, 0.717) is 6.07 Å². The third-order valence-electron chi connectivity index (χ3n) is 4.72. The van der Waals surface area contributed by atoms with Crippen LogP contribution in [-0.2, 0) is 20.4 Å². The third kappa shape index (κ3) is 3.56. The number of aryl methyl sites for hydroxylation is 1. The number of nitriles is 1. The van der Waals surface area contributed by atoms with E-state index in [9.17, 15) is 31.7 Å². The number of carbonyl (C=O) groups excluding carboxylic acids is 2. The number of aromatic nitrogens is 2. The number of benzene rings is 1. The van der Waals surface area contributed by atoms with Crippen molar-refractivity contribution in [2.24, 2.45) is 0 Å². The number of nitrogens with one attached hydrogen (secondary N) is 1. The highest BCUT2D eigenvalue weighted by atomic mass is 32.2. The Hall–Kier alpha value is -3.86. The van der Waals surface area contributed by atoms with E-state index in [1.807, 2.05) is 5.32 Å². The Labute approximate surface area is 180 Å². The lowest BCUT2D eigenvalue weighted by molar-refractivity contribution is -0.553. The second kappa shape index (κ2) is 7.68. The molecule has 1 N–H and O–H groups in total. The van der Waals surface area contributed by atoms with Gasteiger partial charge in [0.25, 0.3) is 15.6 Å². The molecule has 0 saturated heterocycles. The first-order valence-corrected chi connectivity index (χ1v) is 10.3. The van der Waals surface area contributed by atoms with Gasteiger partial charge in [-0.1, -0.05) is 0 Å². The van der Waals surface area contributed by atoms with Crippen molar-refractivity contribution < 1.29 is 31.5 Å². The van der Waals surface area contributed by atoms with Crippen LogP contribution in [0.25, 0.3) is 0 Å². The van der Waals surface area contributed by atoms with Crippen molar-refractivity contribution in [2.75, 3.05) is 11.9 Å². The topological polar surface area (TPSA) is 153 Å². The number of sulfonamides is 1. The number of halogens is 2. The Bertz CT molecular complexity index is 1340. The molecule has 0 aliphatic carbocycles. The molecular formula is C18H15F2N6O5S+. The number of amides is 3. The number of urea groups is 1. The summed E-state index contributed by atoms with van der Waals surface area (Å²) in [4.78, 5) is 44.4. The van der Waals surface area contributed by atoms with E-state index in [4.69, 9.17) is 5.26 Å². The highest BCUT2D eigenvalue weighted by Gasteiger charge is 2.49. The van der Waals surface area contributed by atoms with E-state index in [0.717, 1.165) is 12.3 Å². The first kappa shape index (κ1) is 22.8. The van der Waals surface area contributed by atoms with Crippen LogP contribution in [-0.4, -0.2) is 45.9 Å². The fourth-order valence-electron chi connectivity index (χ4n) is 3.17. The SMILES string of the molecule is Cc1nc(C#N)cnc1C(C)(C)[N+](=O)C(=O)CN1C(=O)Nc2ccc(F)c(F)c2S1(=O)=O. The van der Waals surface area contributed by atoms with Gasteiger partial charge in [0.15, 0.2) is 23.9 Å². The summed E-state index contributed by atoms with van der Waals surface area (Å²) in [7, 11) is -4.99. The number of nitroso groups, excluding NO2 is 1. The number of nitrogens with zero attached hydrogens (tertiary/aromatic N) is 5. The molecule has 3 rings (SSSR count). The van der Waals surface area contributed by atoms with E-state index in [2.05, 4.69) is 9.97 Å². The Morgan fingerprint density at radius 2 is 2.00 bits per heavy atom. The van der Waals surface area contributed by atoms with E-state index in [-0.39, 0.29) is 26.1 Å². The number of rotatable bonds is 4. The maximum Gasteiger partial charge on any atom is 0.454 e. The third-order valence-corrected chi connectivity index (χ3v) is 6.51. The highest BCUT2D eigenvalue weighted by Crippen LogP contribution is 2.33. The summed E-state index contributed by atoms with van der Waals surface area (Å²) in [5.74, 6) is -4.58. The van der Waals surface area contributed by atoms with E-state index < -0.39 is 56.3 Å². The molecule has 0 saturated carbocycles. The first-order valence-electron chi connectivity index (χ1n) is 8.88. The summed E-state index contributed by atoms with van der Waals surface area (Å²) < 4.78 is 53.0. The van der Waals surface area contributed by atoms with Crippen LogP contribution in [0.1, 0.15) is 30.9 Å². The predicted octanol–water partition coefficient (Wildman–Crippen LogP) is 1.71. The minimum Gasteiger partial charge on any atom is -0.305 e. The molecule has 0 atom stereocenters. The van der Waals surface area contributed by atoms with Gasteiger partial charge in [-0.15, -0.1) is 0 Å². The van der Waals surface area contributed by atoms with Crippen molar-refractivity contribution in [3.8, 4) is 6.07 Å². The molecular weight excluding hydrogens is 450 g/mol. The second-order valence-electron chi connectivity index (χ2n) is 7.23. The molecule has 1 aliphatic rings. The van der Waals surface area contributed by atoms with E-state index in [1.54, 1.807) is 6.07 Å². The number of hydrogen-bond acceptors (Lipinski definition) is 8. The molecule has 1 aromatic carbocycles. The zero-order valence-electron chi connectivity index (χ0n) is 16.9. The average molecular weight is 465 g/mol. The van der Waals surface area contributed by atoms with Gasteiger partial charge < -0.3 is 5.32 Å². The van der Waals surface area contributed by atoms with Gasteiger partial charge >= 0.3 is 11.9 Å². The smallest absolute Gasteiger partial charge is 0.305 e. The van der Waals surface area contributed by atoms with Gasteiger partial charge in [0.2, 0.25) is 0 Å². The largest absolute Gasteiger partial charge is 0.454 e. The second-order valence-corrected chi connectivity index (χ2v) is 9.03. The van der Waals surface area contributed by atoms with Crippen LogP contribution in [0.3, 0.4) is 0 Å². The van der Waals surface area contributed by atoms with Crippen molar-refractivity contribution in [1.29, 1.82) is 5.26 Å². The molecule has 0 unspecified atom stereocenters. The molecule has 2 heterocycles. The Kier molecular flexibility index (Phi) is 5.48. The van der Waals surface area contributed by atoms with Gasteiger partial charge in [-0.3, -0.25) is 0 Å². The Morgan fingerprint density at radius 1 is 1.34 bits per heavy atom. The molecule has 32 heavy (non-hydrogen) atoms. The molecule has 166 valence electrons. The maximum absolute atomic E-state index is 14.2. The monoisotopic (exact) mass is 465 g/mol. The molecule has 0 bridgehead atoms. The van der Waals surface area contributed by atoms with Gasteiger partial charge in [-0.25, -0.2) is 41.1 Å². The molecule has 14 heteroatoms. The molecule has 3 amide bonds. The number of carbonyl (C=O) groups is 2. The number of hydrogen-bond donors (Lipinski definition) is 1. The van der Waals surface area contributed by atoms with Crippen molar-refractivity contribution in [3.63, 3.8) is 0 Å². The molecule has 11 nitrogen and oxygen atoms in total. The summed E-state index contributed by atoms with van der Waals surface area (Å²) in [5.41, 5.74) is -1.98. The normalized spacial score (nSPS) is 14.9. The molecule has 0 spiro atoms. The van der Waals surface area contributed by atoms with Crippen LogP contribution < -0.4 is 5.32 Å². The van der Waals surface area contributed by atoms with Gasteiger partial charge in [0.1, 0.15) is 16.7 Å². The van der Waals surface area contributed by atoms with Crippen molar-refractivity contribution in [2.45, 2.75) is 31.2 Å². The highest BCUT2D eigenvalue weighted by molar-refractivity contribution is 7.90. The number of fused-ring (bicyclic) bond motifs is 1. The lowest BCUT2D eigenvalue weighted by Crippen LogP contribution is -2.50. The van der Waals surface area contributed by atoms with Gasteiger partial charge in [-0.2, -0.15) is 5.26 Å². The van der Waals surface area contributed by atoms with Gasteiger partial charge in [0, 0.05) is 18.8 Å². The van der Waals surface area contributed by atoms with Gasteiger partial charge in [0.05, 0.1) is 22.3 Å². The van der Waals surface area contributed by atoms with Crippen LogP contribution in [0.15, 0.2) is 23.2 Å². The molecule has 1 aliphatic heterocycles. The summed E-state index contributed by atoms with van der Waals surface area (Å²) in [6.07, 6.45) is 1.10. The van der Waals surface area contributed by atoms with Gasteiger partial charge in [-0.05, 0) is 19.1 Å². The zero-order chi connectivity index (χ0) is 24.0. The Balaban J connectivity index is 1.94. The minimum atomic E-state index is -4.99. The molecule has 0 radical (unpaired) electrons. The minimum absolute atomic E-state index is 0.0187. The van der Waals surface area contributed by atoms with Crippen LogP contribution in [0.2, 0.25) is 0 Å². The van der Waals surface area contributed by atoms with E-state index >= 15 is 0 Å². The fraction of sp³-hybridized carbons (Fsp3) is 0.278. The van der Waals surface area contributed by atoms with Crippen molar-refractivity contribution >= 4 is 27.6 Å². The summed E-state index contributed by atoms with van der Waals surface area (Å²) in [6, 6.07) is 1.95. The summed E-state index contributed by atoms with van der Waals surface area (Å²) in [5, 5.41) is 10.9. The summed E-state index contributed by atoms with van der Waals surface area (Å²) in [6.45, 7) is 2.78. The number of anilines is 1. The first-order chi connectivity index (χ1) is 14.8. The Morgan fingerprint density at radius 3 is 2.59 bits per heavy atom. The van der Waals surface area contributed by atoms with Crippen molar-refractivity contribution in [3.05, 3.63) is 52.0 Å². The van der Waals surface area contributed by atoms with Crippen LogP contribution in [0.5, 0.6) is 0 Å². The summed E-state index contributed by atoms with van der Waals surface area (Å²) >= 11 is 0. The standard InChI is InChI=1S/C18H14F2N6O5S/c1-9-16(22-7-10(6-21)23-9)18(2,3)26(29)13(27)8-25-17(28)24-12-5-4-11(19)14(20)15(12)32(25,30)31/h4-5,7H,8H2,1-3H3/p+1. The zero-order valence-corrected chi connectivity index (χ0v) is 17.7. The fourth-order valence-corrected chi connectivity index (χ4v) is 4.65. The molecule has 2 aromatic rings. The maximum atomic E-state index is 14.2.